The summed E-state index contributed by atoms with van der Waals surface area (Å²) >= 11 is 0. The third-order valence-corrected chi connectivity index (χ3v) is 3.53. The zero-order valence-electron chi connectivity index (χ0n) is 9.83. The molecule has 0 aromatic heterocycles. The summed E-state index contributed by atoms with van der Waals surface area (Å²) in [5.41, 5.74) is 0.712. The van der Waals surface area contributed by atoms with Gasteiger partial charge in [0.2, 0.25) is 0 Å². The number of carboxylic acids is 1. The van der Waals surface area contributed by atoms with Crippen LogP contribution in [0.15, 0.2) is 48.1 Å². The Morgan fingerprint density at radius 2 is 1.58 bits per heavy atom. The maximum Gasteiger partial charge on any atom is 0.171 e. The fourth-order valence-electron chi connectivity index (χ4n) is 2.58. The van der Waals surface area contributed by atoms with E-state index in [1.54, 1.807) is 24.3 Å². The number of carbonyl (C=O) groups is 3. The summed E-state index contributed by atoms with van der Waals surface area (Å²) in [6.07, 6.45) is 4.12. The van der Waals surface area contributed by atoms with Crippen LogP contribution in [-0.2, 0) is 4.79 Å². The molecule has 0 heterocycles. The van der Waals surface area contributed by atoms with E-state index in [9.17, 15) is 19.5 Å². The second kappa shape index (κ2) is 4.02. The Hall–Kier alpha value is -2.49. The van der Waals surface area contributed by atoms with Crippen molar-refractivity contribution < 1.29 is 19.5 Å². The van der Waals surface area contributed by atoms with Gasteiger partial charge in [-0.05, 0) is 5.57 Å². The van der Waals surface area contributed by atoms with Crippen molar-refractivity contribution in [2.45, 2.75) is 0 Å². The number of aliphatic carboxylic acids is 1. The lowest BCUT2D eigenvalue weighted by Crippen LogP contribution is -2.37. The molecule has 1 aromatic carbocycles. The van der Waals surface area contributed by atoms with E-state index in [0.29, 0.717) is 11.1 Å². The summed E-state index contributed by atoms with van der Waals surface area (Å²) in [6, 6.07) is 6.61. The van der Waals surface area contributed by atoms with Crippen LogP contribution in [0, 0.1) is 11.8 Å². The maximum atomic E-state index is 12.3. The third-order valence-electron chi connectivity index (χ3n) is 3.53. The summed E-state index contributed by atoms with van der Waals surface area (Å²) in [5, 5.41) is 10.8. The van der Waals surface area contributed by atoms with Gasteiger partial charge in [-0.1, -0.05) is 42.5 Å². The first-order valence-corrected chi connectivity index (χ1v) is 5.88. The third kappa shape index (κ3) is 1.64. The van der Waals surface area contributed by atoms with Gasteiger partial charge in [0.15, 0.2) is 11.6 Å². The number of ketones is 2. The standard InChI is InChI=1S/C15H10O4/c16-13-9-3-1-2-4-10(9)14(17)12-7-8(15(18)19)5-6-11(12)13/h1-7,11-12H,(H,18,19)/p-1. The number of fused-ring (bicyclic) bond motifs is 2. The highest BCUT2D eigenvalue weighted by atomic mass is 16.4. The molecule has 0 bridgehead atoms. The quantitative estimate of drug-likeness (QED) is 0.732. The van der Waals surface area contributed by atoms with Crippen LogP contribution in [0.3, 0.4) is 0 Å². The molecule has 3 rings (SSSR count). The first kappa shape index (κ1) is 11.6. The number of hydrogen-bond donors (Lipinski definition) is 0. The average Bonchev–Trinajstić information content (AvgIpc) is 2.44. The Morgan fingerprint density at radius 1 is 1.00 bits per heavy atom. The minimum Gasteiger partial charge on any atom is -0.545 e. The molecule has 2 aliphatic carbocycles. The van der Waals surface area contributed by atoms with Gasteiger partial charge in [0.1, 0.15) is 0 Å². The van der Waals surface area contributed by atoms with Crippen LogP contribution in [0.4, 0.5) is 0 Å². The molecule has 0 spiro atoms. The van der Waals surface area contributed by atoms with E-state index in [-0.39, 0.29) is 17.1 Å². The zero-order valence-corrected chi connectivity index (χ0v) is 9.83. The van der Waals surface area contributed by atoms with Crippen molar-refractivity contribution in [1.29, 1.82) is 0 Å². The van der Waals surface area contributed by atoms with Crippen molar-refractivity contribution in [3.05, 3.63) is 59.2 Å². The fraction of sp³-hybridized carbons (Fsp3) is 0.133. The van der Waals surface area contributed by atoms with Crippen LogP contribution in [0.5, 0.6) is 0 Å². The average molecular weight is 253 g/mol. The SMILES string of the molecule is O=C([O-])C1=CC2C(=O)c3ccccc3C(=O)C2C=C1. The van der Waals surface area contributed by atoms with Crippen LogP contribution in [0.25, 0.3) is 0 Å². The molecular formula is C15H9O4-. The minimum absolute atomic E-state index is 0.0539. The van der Waals surface area contributed by atoms with E-state index in [0.717, 1.165) is 0 Å². The largest absolute Gasteiger partial charge is 0.545 e. The van der Waals surface area contributed by atoms with E-state index < -0.39 is 17.8 Å². The normalized spacial score (nSPS) is 24.5. The number of carbonyl (C=O) groups excluding carboxylic acids is 3. The molecule has 1 aromatic rings. The van der Waals surface area contributed by atoms with Gasteiger partial charge in [-0.2, -0.15) is 0 Å². The smallest absolute Gasteiger partial charge is 0.171 e. The first-order chi connectivity index (χ1) is 9.09. The monoisotopic (exact) mass is 253 g/mol. The number of carboxylic acid groups (broad SMARTS) is 1. The Balaban J connectivity index is 2.13. The van der Waals surface area contributed by atoms with Crippen molar-refractivity contribution >= 4 is 17.5 Å². The first-order valence-electron chi connectivity index (χ1n) is 5.88. The molecule has 2 aliphatic rings. The predicted octanol–water partition coefficient (Wildman–Crippen LogP) is 0.544. The highest BCUT2D eigenvalue weighted by Crippen LogP contribution is 2.35. The zero-order chi connectivity index (χ0) is 13.6. The lowest BCUT2D eigenvalue weighted by Gasteiger charge is -2.29. The molecule has 0 aliphatic heterocycles. The van der Waals surface area contributed by atoms with Gasteiger partial charge in [-0.15, -0.1) is 0 Å². The summed E-state index contributed by atoms with van der Waals surface area (Å²) in [4.78, 5) is 35.4. The van der Waals surface area contributed by atoms with Crippen molar-refractivity contribution in [3.8, 4) is 0 Å². The highest BCUT2D eigenvalue weighted by Gasteiger charge is 2.39. The van der Waals surface area contributed by atoms with Crippen LogP contribution < -0.4 is 5.11 Å². The molecule has 94 valence electrons. The summed E-state index contributed by atoms with van der Waals surface area (Å²) in [6.45, 7) is 0. The number of rotatable bonds is 1. The minimum atomic E-state index is -1.34. The molecule has 4 heteroatoms. The van der Waals surface area contributed by atoms with E-state index in [2.05, 4.69) is 0 Å². The van der Waals surface area contributed by atoms with Crippen LogP contribution >= 0.6 is 0 Å². The molecule has 2 unspecified atom stereocenters. The van der Waals surface area contributed by atoms with Crippen molar-refractivity contribution in [2.75, 3.05) is 0 Å². The molecule has 2 atom stereocenters. The Bertz CT molecular complexity index is 666. The van der Waals surface area contributed by atoms with Gasteiger partial charge >= 0.3 is 0 Å². The Kier molecular flexibility index (Phi) is 2.45. The highest BCUT2D eigenvalue weighted by molar-refractivity contribution is 6.17. The molecule has 4 nitrogen and oxygen atoms in total. The van der Waals surface area contributed by atoms with Gasteiger partial charge < -0.3 is 9.90 Å². The van der Waals surface area contributed by atoms with Crippen LogP contribution in [-0.4, -0.2) is 17.5 Å². The molecular weight excluding hydrogens is 244 g/mol. The van der Waals surface area contributed by atoms with Crippen LogP contribution in [0.2, 0.25) is 0 Å². The van der Waals surface area contributed by atoms with E-state index in [1.807, 2.05) is 0 Å². The molecule has 0 radical (unpaired) electrons. The molecule has 0 saturated heterocycles. The van der Waals surface area contributed by atoms with Crippen molar-refractivity contribution in [3.63, 3.8) is 0 Å². The summed E-state index contributed by atoms with van der Waals surface area (Å²) < 4.78 is 0. The maximum absolute atomic E-state index is 12.3. The molecule has 0 N–H and O–H groups in total. The Morgan fingerprint density at radius 3 is 2.16 bits per heavy atom. The van der Waals surface area contributed by atoms with E-state index in [1.165, 1.54) is 18.2 Å². The Labute approximate surface area is 109 Å². The van der Waals surface area contributed by atoms with Gasteiger partial charge in [-0.25, -0.2) is 0 Å². The number of allylic oxidation sites excluding steroid dienone is 2. The fourth-order valence-corrected chi connectivity index (χ4v) is 2.58. The topological polar surface area (TPSA) is 74.3 Å². The van der Waals surface area contributed by atoms with Gasteiger partial charge in [0, 0.05) is 11.1 Å². The van der Waals surface area contributed by atoms with Gasteiger partial charge in [-0.3, -0.25) is 9.59 Å². The van der Waals surface area contributed by atoms with E-state index in [4.69, 9.17) is 0 Å². The summed E-state index contributed by atoms with van der Waals surface area (Å²) in [5.74, 6) is -3.05. The lowest BCUT2D eigenvalue weighted by atomic mass is 9.71. The molecule has 0 saturated carbocycles. The van der Waals surface area contributed by atoms with Gasteiger partial charge in [0.25, 0.3) is 0 Å². The van der Waals surface area contributed by atoms with Crippen LogP contribution in [0.1, 0.15) is 20.7 Å². The number of hydrogen-bond acceptors (Lipinski definition) is 4. The molecule has 0 fully saturated rings. The van der Waals surface area contributed by atoms with Gasteiger partial charge in [0.05, 0.1) is 17.8 Å². The van der Waals surface area contributed by atoms with Crippen molar-refractivity contribution in [1.82, 2.24) is 0 Å². The predicted molar refractivity (Wildman–Crippen MR) is 64.3 cm³/mol. The summed E-state index contributed by atoms with van der Waals surface area (Å²) in [7, 11) is 0. The second-order valence-electron chi connectivity index (χ2n) is 4.59. The second-order valence-corrected chi connectivity index (χ2v) is 4.59. The molecule has 0 amide bonds. The lowest BCUT2D eigenvalue weighted by molar-refractivity contribution is -0.298. The molecule has 19 heavy (non-hydrogen) atoms. The number of benzene rings is 1. The van der Waals surface area contributed by atoms with Crippen molar-refractivity contribution in [2.24, 2.45) is 11.8 Å². The number of Topliss-reactive ketones (excluding diaryl/α,β-unsaturated/α-hetero) is 2. The van der Waals surface area contributed by atoms with E-state index >= 15 is 0 Å².